The van der Waals surface area contributed by atoms with Gasteiger partial charge in [0.15, 0.2) is 0 Å². The lowest BCUT2D eigenvalue weighted by Crippen LogP contribution is -2.41. The molecule has 34 heavy (non-hydrogen) atoms. The topological polar surface area (TPSA) is 61.1 Å². The van der Waals surface area contributed by atoms with Crippen LogP contribution in [0, 0.1) is 29.1 Å². The standard InChI is InChI=1S/C31H39NO2/c1-2-3-4-7-23-10-14-25(15-11-23)26-18-20-31(21-19-26,30(33)34)29-9-6-5-8-28(29)27-16-12-24(22-32)13-17-27/h5-6,8-9,12-13,16-17,23,25-26H,2-4,7,10-11,14-15,18-21H2,1H3,(H,33,34). The van der Waals surface area contributed by atoms with Crippen molar-refractivity contribution < 1.29 is 9.90 Å². The van der Waals surface area contributed by atoms with Gasteiger partial charge in [-0.25, -0.2) is 0 Å². The number of carboxylic acid groups (broad SMARTS) is 1. The molecule has 0 radical (unpaired) electrons. The second-order valence-corrected chi connectivity index (χ2v) is 10.7. The number of benzene rings is 2. The van der Waals surface area contributed by atoms with Gasteiger partial charge in [0.05, 0.1) is 17.0 Å². The minimum atomic E-state index is -0.821. The Labute approximate surface area is 205 Å². The van der Waals surface area contributed by atoms with Crippen molar-refractivity contribution in [3.05, 3.63) is 59.7 Å². The van der Waals surface area contributed by atoms with E-state index in [-0.39, 0.29) is 0 Å². The Hall–Kier alpha value is -2.60. The van der Waals surface area contributed by atoms with E-state index in [1.54, 1.807) is 0 Å². The molecule has 0 aliphatic heterocycles. The maximum atomic E-state index is 12.8. The van der Waals surface area contributed by atoms with Crippen LogP contribution in [0.3, 0.4) is 0 Å². The van der Waals surface area contributed by atoms with Gasteiger partial charge in [-0.05, 0) is 85.1 Å². The molecule has 0 saturated heterocycles. The first kappa shape index (κ1) is 24.5. The summed E-state index contributed by atoms with van der Waals surface area (Å²) in [5.74, 6) is 1.68. The molecule has 2 aromatic rings. The molecule has 0 spiro atoms. The maximum Gasteiger partial charge on any atom is 0.314 e. The summed E-state index contributed by atoms with van der Waals surface area (Å²) >= 11 is 0. The Morgan fingerprint density at radius 2 is 1.59 bits per heavy atom. The third kappa shape index (κ3) is 5.22. The molecule has 0 atom stereocenters. The highest BCUT2D eigenvalue weighted by Gasteiger charge is 2.46. The van der Waals surface area contributed by atoms with E-state index in [0.717, 1.165) is 54.2 Å². The predicted molar refractivity (Wildman–Crippen MR) is 137 cm³/mol. The van der Waals surface area contributed by atoms with Crippen LogP contribution in [-0.4, -0.2) is 11.1 Å². The van der Waals surface area contributed by atoms with Gasteiger partial charge in [-0.1, -0.05) is 81.8 Å². The smallest absolute Gasteiger partial charge is 0.314 e. The SMILES string of the molecule is CCCCCC1CCC(C2CCC(C(=O)O)(c3ccccc3-c3ccc(C#N)cc3)CC2)CC1. The minimum absolute atomic E-state index is 0.620. The molecule has 180 valence electrons. The summed E-state index contributed by atoms with van der Waals surface area (Å²) in [4.78, 5) is 12.8. The molecule has 0 amide bonds. The van der Waals surface area contributed by atoms with Crippen LogP contribution in [-0.2, 0) is 10.2 Å². The molecule has 4 rings (SSSR count). The summed E-state index contributed by atoms with van der Waals surface area (Å²) in [6.45, 7) is 2.28. The minimum Gasteiger partial charge on any atom is -0.481 e. The van der Waals surface area contributed by atoms with E-state index in [9.17, 15) is 9.90 Å². The highest BCUT2D eigenvalue weighted by molar-refractivity contribution is 5.86. The van der Waals surface area contributed by atoms with Crippen LogP contribution in [0.1, 0.15) is 95.1 Å². The quantitative estimate of drug-likeness (QED) is 0.407. The number of nitriles is 1. The zero-order valence-corrected chi connectivity index (χ0v) is 20.6. The first-order valence-corrected chi connectivity index (χ1v) is 13.4. The summed E-state index contributed by atoms with van der Waals surface area (Å²) in [6.07, 6.45) is 14.3. The van der Waals surface area contributed by atoms with Gasteiger partial charge in [-0.3, -0.25) is 4.79 Å². The van der Waals surface area contributed by atoms with Crippen LogP contribution in [0.5, 0.6) is 0 Å². The molecule has 2 saturated carbocycles. The van der Waals surface area contributed by atoms with Gasteiger partial charge in [0.25, 0.3) is 0 Å². The highest BCUT2D eigenvalue weighted by atomic mass is 16.4. The van der Waals surface area contributed by atoms with Gasteiger partial charge >= 0.3 is 5.97 Å². The number of hydrogen-bond donors (Lipinski definition) is 1. The fourth-order valence-electron chi connectivity index (χ4n) is 6.71. The zero-order chi connectivity index (χ0) is 24.0. The molecule has 2 aliphatic rings. The van der Waals surface area contributed by atoms with Gasteiger partial charge in [0, 0.05) is 0 Å². The lowest BCUT2D eigenvalue weighted by Gasteiger charge is -2.42. The summed E-state index contributed by atoms with van der Waals surface area (Å²) in [5.41, 5.74) is 2.71. The molecular formula is C31H39NO2. The van der Waals surface area contributed by atoms with E-state index >= 15 is 0 Å². The van der Waals surface area contributed by atoms with Gasteiger partial charge in [-0.2, -0.15) is 5.26 Å². The van der Waals surface area contributed by atoms with Crippen molar-refractivity contribution in [2.24, 2.45) is 17.8 Å². The predicted octanol–water partition coefficient (Wildman–Crippen LogP) is 8.12. The van der Waals surface area contributed by atoms with Crippen molar-refractivity contribution in [2.75, 3.05) is 0 Å². The van der Waals surface area contributed by atoms with Crippen LogP contribution >= 0.6 is 0 Å². The summed E-state index contributed by atoms with van der Waals surface area (Å²) < 4.78 is 0. The number of carboxylic acids is 1. The fraction of sp³-hybridized carbons (Fsp3) is 0.548. The van der Waals surface area contributed by atoms with Gasteiger partial charge in [-0.15, -0.1) is 0 Å². The molecule has 0 aromatic heterocycles. The molecule has 0 unspecified atom stereocenters. The number of carbonyl (C=O) groups is 1. The Morgan fingerprint density at radius 1 is 0.941 bits per heavy atom. The summed E-state index contributed by atoms with van der Waals surface area (Å²) in [5, 5.41) is 19.6. The van der Waals surface area contributed by atoms with E-state index in [0.29, 0.717) is 11.5 Å². The lowest BCUT2D eigenvalue weighted by molar-refractivity contribution is -0.146. The van der Waals surface area contributed by atoms with E-state index in [4.69, 9.17) is 5.26 Å². The van der Waals surface area contributed by atoms with E-state index < -0.39 is 11.4 Å². The second-order valence-electron chi connectivity index (χ2n) is 10.7. The first-order valence-electron chi connectivity index (χ1n) is 13.4. The number of unbranched alkanes of at least 4 members (excludes halogenated alkanes) is 2. The third-order valence-electron chi connectivity index (χ3n) is 8.83. The van der Waals surface area contributed by atoms with Gasteiger partial charge < -0.3 is 5.11 Å². The molecule has 0 heterocycles. The van der Waals surface area contributed by atoms with Crippen molar-refractivity contribution >= 4 is 5.97 Å². The Kier molecular flexibility index (Phi) is 8.09. The Bertz CT molecular complexity index is 987. The van der Waals surface area contributed by atoms with Crippen molar-refractivity contribution in [1.29, 1.82) is 5.26 Å². The van der Waals surface area contributed by atoms with Crippen molar-refractivity contribution in [3.63, 3.8) is 0 Å². The van der Waals surface area contributed by atoms with Crippen LogP contribution < -0.4 is 0 Å². The summed E-state index contributed by atoms with van der Waals surface area (Å²) in [7, 11) is 0. The second kappa shape index (κ2) is 11.2. The lowest BCUT2D eigenvalue weighted by atomic mass is 9.61. The van der Waals surface area contributed by atoms with E-state index in [1.807, 2.05) is 48.5 Å². The Balaban J connectivity index is 1.46. The van der Waals surface area contributed by atoms with Gasteiger partial charge in [0.1, 0.15) is 0 Å². The van der Waals surface area contributed by atoms with E-state index in [1.165, 1.54) is 51.4 Å². The Morgan fingerprint density at radius 3 is 2.21 bits per heavy atom. The van der Waals surface area contributed by atoms with Crippen LogP contribution in [0.2, 0.25) is 0 Å². The highest BCUT2D eigenvalue weighted by Crippen LogP contribution is 2.49. The fourth-order valence-corrected chi connectivity index (χ4v) is 6.71. The van der Waals surface area contributed by atoms with Crippen LogP contribution in [0.15, 0.2) is 48.5 Å². The normalized spacial score (nSPS) is 27.1. The molecule has 3 nitrogen and oxygen atoms in total. The monoisotopic (exact) mass is 457 g/mol. The third-order valence-corrected chi connectivity index (χ3v) is 8.83. The molecule has 0 bridgehead atoms. The van der Waals surface area contributed by atoms with Crippen molar-refractivity contribution in [3.8, 4) is 17.2 Å². The molecule has 3 heteroatoms. The first-order chi connectivity index (χ1) is 16.6. The average molecular weight is 458 g/mol. The average Bonchev–Trinajstić information content (AvgIpc) is 2.89. The number of nitrogens with zero attached hydrogens (tertiary/aromatic N) is 1. The number of rotatable bonds is 8. The van der Waals surface area contributed by atoms with Gasteiger partial charge in [0.2, 0.25) is 0 Å². The van der Waals surface area contributed by atoms with Crippen LogP contribution in [0.4, 0.5) is 0 Å². The molecular weight excluding hydrogens is 418 g/mol. The molecule has 2 fully saturated rings. The summed E-state index contributed by atoms with van der Waals surface area (Å²) in [6, 6.07) is 17.7. The van der Waals surface area contributed by atoms with Crippen molar-refractivity contribution in [1.82, 2.24) is 0 Å². The van der Waals surface area contributed by atoms with Crippen LogP contribution in [0.25, 0.3) is 11.1 Å². The molecule has 1 N–H and O–H groups in total. The largest absolute Gasteiger partial charge is 0.481 e. The zero-order valence-electron chi connectivity index (χ0n) is 20.6. The number of aliphatic carboxylic acids is 1. The van der Waals surface area contributed by atoms with E-state index in [2.05, 4.69) is 13.0 Å². The molecule has 2 aromatic carbocycles. The molecule has 2 aliphatic carbocycles. The maximum absolute atomic E-state index is 12.8. The van der Waals surface area contributed by atoms with Crippen molar-refractivity contribution in [2.45, 2.75) is 89.4 Å². The number of hydrogen-bond acceptors (Lipinski definition) is 2.